The van der Waals surface area contributed by atoms with Crippen LogP contribution in [-0.2, 0) is 10.0 Å². The van der Waals surface area contributed by atoms with E-state index in [1.807, 2.05) is 0 Å². The van der Waals surface area contributed by atoms with Crippen molar-refractivity contribution in [3.8, 4) is 5.69 Å². The molecule has 0 spiro atoms. The Morgan fingerprint density at radius 3 is 2.38 bits per heavy atom. The summed E-state index contributed by atoms with van der Waals surface area (Å²) in [7, 11) is -4.00. The van der Waals surface area contributed by atoms with Gasteiger partial charge in [0.1, 0.15) is 0 Å². The molecule has 0 bridgehead atoms. The van der Waals surface area contributed by atoms with Gasteiger partial charge in [-0.3, -0.25) is 14.3 Å². The van der Waals surface area contributed by atoms with E-state index in [-0.39, 0.29) is 21.1 Å². The number of aromatic nitrogens is 5. The van der Waals surface area contributed by atoms with Crippen LogP contribution in [0.25, 0.3) is 16.7 Å². The van der Waals surface area contributed by atoms with Crippen molar-refractivity contribution in [1.29, 1.82) is 0 Å². The standard InChI is InChI=1S/C17H13ClN6O4S/c1-9-6-12-13(21-17(26)16(25)20-12)8-15(9)29(27,28)22-10-2-3-14(11(18)7-10)24-5-4-19-23-24/h2-8,22H,1H3,(H,20,25)(H,21,26). The van der Waals surface area contributed by atoms with Gasteiger partial charge < -0.3 is 9.97 Å². The molecule has 4 rings (SSSR count). The first kappa shape index (κ1) is 18.9. The Bertz CT molecular complexity index is 1460. The molecule has 0 atom stereocenters. The lowest BCUT2D eigenvalue weighted by molar-refractivity contribution is 0.600. The number of hydrogen-bond acceptors (Lipinski definition) is 6. The Labute approximate surface area is 168 Å². The molecule has 0 aliphatic rings. The maximum Gasteiger partial charge on any atom is 0.314 e. The van der Waals surface area contributed by atoms with E-state index >= 15 is 0 Å². The molecule has 10 nitrogen and oxygen atoms in total. The molecule has 0 aliphatic heterocycles. The molecule has 0 radical (unpaired) electrons. The zero-order valence-corrected chi connectivity index (χ0v) is 16.4. The number of H-pyrrole nitrogens is 2. The average Bonchev–Trinajstić information content (AvgIpc) is 3.16. The van der Waals surface area contributed by atoms with Crippen LogP contribution in [0.4, 0.5) is 5.69 Å². The largest absolute Gasteiger partial charge is 0.316 e. The van der Waals surface area contributed by atoms with Gasteiger partial charge in [0.25, 0.3) is 10.0 Å². The van der Waals surface area contributed by atoms with E-state index in [0.29, 0.717) is 16.8 Å². The summed E-state index contributed by atoms with van der Waals surface area (Å²) in [5.74, 6) is 0. The Morgan fingerprint density at radius 1 is 1.07 bits per heavy atom. The third-order valence-corrected chi connectivity index (χ3v) is 6.00. The first-order chi connectivity index (χ1) is 13.7. The van der Waals surface area contributed by atoms with Crippen LogP contribution in [0.5, 0.6) is 0 Å². The van der Waals surface area contributed by atoms with E-state index in [2.05, 4.69) is 25.0 Å². The number of nitrogens with zero attached hydrogens (tertiary/aromatic N) is 3. The first-order valence-corrected chi connectivity index (χ1v) is 10.1. The average molecular weight is 433 g/mol. The lowest BCUT2D eigenvalue weighted by atomic mass is 10.2. The molecule has 2 aromatic carbocycles. The van der Waals surface area contributed by atoms with Crippen molar-refractivity contribution in [2.24, 2.45) is 0 Å². The van der Waals surface area contributed by atoms with Gasteiger partial charge in [0, 0.05) is 0 Å². The molecule has 4 aromatic rings. The van der Waals surface area contributed by atoms with Gasteiger partial charge in [-0.15, -0.1) is 5.10 Å². The van der Waals surface area contributed by atoms with Crippen molar-refractivity contribution in [2.45, 2.75) is 11.8 Å². The van der Waals surface area contributed by atoms with Crippen molar-refractivity contribution >= 4 is 38.3 Å². The summed E-state index contributed by atoms with van der Waals surface area (Å²) in [4.78, 5) is 27.7. The van der Waals surface area contributed by atoms with E-state index in [0.717, 1.165) is 0 Å². The fraction of sp³-hybridized carbons (Fsp3) is 0.0588. The molecule has 0 amide bonds. The number of sulfonamides is 1. The molecule has 0 saturated carbocycles. The van der Waals surface area contributed by atoms with Crippen LogP contribution in [0.2, 0.25) is 5.02 Å². The molecule has 2 heterocycles. The van der Waals surface area contributed by atoms with Gasteiger partial charge in [0.2, 0.25) is 0 Å². The van der Waals surface area contributed by atoms with Crippen molar-refractivity contribution in [2.75, 3.05) is 4.72 Å². The number of halogens is 1. The second-order valence-corrected chi connectivity index (χ2v) is 8.25. The van der Waals surface area contributed by atoms with Crippen LogP contribution >= 0.6 is 11.6 Å². The summed E-state index contributed by atoms with van der Waals surface area (Å²) in [5.41, 5.74) is 0.00851. The molecular formula is C17H13ClN6O4S. The van der Waals surface area contributed by atoms with E-state index in [9.17, 15) is 18.0 Å². The van der Waals surface area contributed by atoms with Gasteiger partial charge in [0.05, 0.1) is 44.7 Å². The fourth-order valence-electron chi connectivity index (χ4n) is 2.85. The smallest absolute Gasteiger partial charge is 0.314 e. The van der Waals surface area contributed by atoms with Crippen molar-refractivity contribution in [1.82, 2.24) is 25.0 Å². The predicted octanol–water partition coefficient (Wildman–Crippen LogP) is 1.56. The molecular weight excluding hydrogens is 420 g/mol. The quantitative estimate of drug-likeness (QED) is 0.417. The zero-order chi connectivity index (χ0) is 20.8. The summed E-state index contributed by atoms with van der Waals surface area (Å²) < 4.78 is 29.7. The molecule has 29 heavy (non-hydrogen) atoms. The highest BCUT2D eigenvalue weighted by atomic mass is 35.5. The molecule has 2 aromatic heterocycles. The molecule has 0 saturated heterocycles. The van der Waals surface area contributed by atoms with E-state index in [4.69, 9.17) is 11.6 Å². The van der Waals surface area contributed by atoms with Gasteiger partial charge in [-0.1, -0.05) is 16.8 Å². The number of aromatic amines is 2. The number of aryl methyl sites for hydroxylation is 1. The number of nitrogens with one attached hydrogen (secondary N) is 3. The fourth-order valence-corrected chi connectivity index (χ4v) is 4.42. The molecule has 3 N–H and O–H groups in total. The van der Waals surface area contributed by atoms with Crippen LogP contribution in [0.1, 0.15) is 5.56 Å². The molecule has 0 aliphatic carbocycles. The number of anilines is 1. The van der Waals surface area contributed by atoms with Gasteiger partial charge in [-0.25, -0.2) is 13.1 Å². The summed E-state index contributed by atoms with van der Waals surface area (Å²) in [6.07, 6.45) is 3.10. The number of fused-ring (bicyclic) bond motifs is 1. The van der Waals surface area contributed by atoms with Gasteiger partial charge in [-0.05, 0) is 42.8 Å². The van der Waals surface area contributed by atoms with E-state index < -0.39 is 21.1 Å². The van der Waals surface area contributed by atoms with Gasteiger partial charge in [-0.2, -0.15) is 0 Å². The number of hydrogen-bond donors (Lipinski definition) is 3. The van der Waals surface area contributed by atoms with Crippen LogP contribution in [-0.4, -0.2) is 33.4 Å². The molecule has 0 fully saturated rings. The topological polar surface area (TPSA) is 143 Å². The highest BCUT2D eigenvalue weighted by Gasteiger charge is 2.19. The summed E-state index contributed by atoms with van der Waals surface area (Å²) in [6.45, 7) is 1.58. The molecule has 148 valence electrons. The first-order valence-electron chi connectivity index (χ1n) is 8.20. The van der Waals surface area contributed by atoms with Crippen LogP contribution in [0.15, 0.2) is 57.2 Å². The summed E-state index contributed by atoms with van der Waals surface area (Å²) >= 11 is 6.24. The number of rotatable bonds is 4. The van der Waals surface area contributed by atoms with Crippen LogP contribution in [0, 0.1) is 6.92 Å². The summed E-state index contributed by atoms with van der Waals surface area (Å²) in [6, 6.07) is 7.35. The predicted molar refractivity (Wildman–Crippen MR) is 107 cm³/mol. The third kappa shape index (κ3) is 3.52. The lowest BCUT2D eigenvalue weighted by Gasteiger charge is -2.13. The van der Waals surface area contributed by atoms with Gasteiger partial charge in [0.15, 0.2) is 0 Å². The normalized spacial score (nSPS) is 11.7. The van der Waals surface area contributed by atoms with Gasteiger partial charge >= 0.3 is 11.1 Å². The van der Waals surface area contributed by atoms with Crippen molar-refractivity contribution in [3.05, 3.63) is 74.0 Å². The van der Waals surface area contributed by atoms with E-state index in [1.165, 1.54) is 35.1 Å². The minimum Gasteiger partial charge on any atom is -0.316 e. The maximum atomic E-state index is 12.9. The maximum absolute atomic E-state index is 12.9. The summed E-state index contributed by atoms with van der Waals surface area (Å²) in [5, 5.41) is 7.82. The Hall–Kier alpha value is -3.44. The molecule has 12 heteroatoms. The van der Waals surface area contributed by atoms with Crippen LogP contribution in [0.3, 0.4) is 0 Å². The lowest BCUT2D eigenvalue weighted by Crippen LogP contribution is -2.29. The Morgan fingerprint density at radius 2 is 1.76 bits per heavy atom. The number of benzene rings is 2. The highest BCUT2D eigenvalue weighted by Crippen LogP contribution is 2.27. The molecule has 0 unspecified atom stereocenters. The van der Waals surface area contributed by atoms with E-state index in [1.54, 1.807) is 19.2 Å². The second kappa shape index (κ2) is 6.87. The van der Waals surface area contributed by atoms with Crippen molar-refractivity contribution < 1.29 is 8.42 Å². The highest BCUT2D eigenvalue weighted by molar-refractivity contribution is 7.92. The third-order valence-electron chi connectivity index (χ3n) is 4.18. The van der Waals surface area contributed by atoms with Crippen LogP contribution < -0.4 is 15.8 Å². The Kier molecular flexibility index (Phi) is 4.47. The zero-order valence-electron chi connectivity index (χ0n) is 14.8. The SMILES string of the molecule is Cc1cc2[nH]c(=O)c(=O)[nH]c2cc1S(=O)(=O)Nc1ccc(-n2ccnn2)c(Cl)c1. The van der Waals surface area contributed by atoms with Crippen molar-refractivity contribution in [3.63, 3.8) is 0 Å². The monoisotopic (exact) mass is 432 g/mol. The minimum atomic E-state index is -4.00. The minimum absolute atomic E-state index is 0.0517. The second-order valence-electron chi connectivity index (χ2n) is 6.19. The Balaban J connectivity index is 1.73.